The van der Waals surface area contributed by atoms with Gasteiger partial charge in [0.05, 0.1) is 18.5 Å². The van der Waals surface area contributed by atoms with Crippen LogP contribution >= 0.6 is 23.1 Å². The number of ether oxygens (including phenoxy) is 1. The number of esters is 1. The second-order valence-corrected chi connectivity index (χ2v) is 5.55. The molecule has 0 bridgehead atoms. The summed E-state index contributed by atoms with van der Waals surface area (Å²) in [5, 5.41) is 6.03. The Bertz CT molecular complexity index is 522. The summed E-state index contributed by atoms with van der Waals surface area (Å²) in [4.78, 5) is 15.9. The lowest BCUT2D eigenvalue weighted by atomic mass is 10.3. The summed E-state index contributed by atoms with van der Waals surface area (Å²) in [6.07, 6.45) is 3.32. The van der Waals surface area contributed by atoms with Crippen molar-refractivity contribution in [2.75, 3.05) is 6.61 Å². The summed E-state index contributed by atoms with van der Waals surface area (Å²) in [6, 6.07) is 0. The molecule has 0 aliphatic heterocycles. The van der Waals surface area contributed by atoms with Gasteiger partial charge in [0.25, 0.3) is 0 Å². The summed E-state index contributed by atoms with van der Waals surface area (Å²) in [5.74, 6) is 0.332. The van der Waals surface area contributed by atoms with Gasteiger partial charge in [-0.1, -0.05) is 11.8 Å². The van der Waals surface area contributed by atoms with Gasteiger partial charge in [0.2, 0.25) is 0 Å². The van der Waals surface area contributed by atoms with Crippen LogP contribution in [0.15, 0.2) is 22.1 Å². The first kappa shape index (κ1) is 13.1. The van der Waals surface area contributed by atoms with Gasteiger partial charge in [-0.05, 0) is 6.92 Å². The van der Waals surface area contributed by atoms with E-state index < -0.39 is 0 Å². The van der Waals surface area contributed by atoms with Crippen LogP contribution in [0, 0.1) is 0 Å². The van der Waals surface area contributed by atoms with Crippen molar-refractivity contribution in [3.63, 3.8) is 0 Å². The van der Waals surface area contributed by atoms with Gasteiger partial charge in [-0.15, -0.1) is 11.3 Å². The second kappa shape index (κ2) is 6.01. The molecular formula is C11H13N3O2S2. The van der Waals surface area contributed by atoms with E-state index in [0.717, 1.165) is 10.0 Å². The zero-order valence-corrected chi connectivity index (χ0v) is 11.8. The normalized spacial score (nSPS) is 10.6. The molecule has 0 amide bonds. The zero-order chi connectivity index (χ0) is 13.0. The smallest absolute Gasteiger partial charge is 0.341 e. The standard InChI is InChI=1S/C11H13N3O2S2/c1-3-16-10(15)8-6-13-14(2)9(8)7-18-11-12-4-5-17-11/h4-6H,3,7H2,1-2H3. The van der Waals surface area contributed by atoms with Crippen LogP contribution in [-0.2, 0) is 17.5 Å². The molecule has 0 fully saturated rings. The summed E-state index contributed by atoms with van der Waals surface area (Å²) in [6.45, 7) is 2.16. The van der Waals surface area contributed by atoms with Crippen LogP contribution in [0.4, 0.5) is 0 Å². The molecular weight excluding hydrogens is 270 g/mol. The molecule has 0 saturated heterocycles. The van der Waals surface area contributed by atoms with Crippen molar-refractivity contribution >= 4 is 29.1 Å². The lowest BCUT2D eigenvalue weighted by Crippen LogP contribution is -2.08. The van der Waals surface area contributed by atoms with E-state index in [2.05, 4.69) is 10.1 Å². The molecule has 0 saturated carbocycles. The van der Waals surface area contributed by atoms with Gasteiger partial charge in [-0.2, -0.15) is 5.10 Å². The highest BCUT2D eigenvalue weighted by Crippen LogP contribution is 2.25. The minimum absolute atomic E-state index is 0.319. The molecule has 2 aromatic heterocycles. The van der Waals surface area contributed by atoms with Gasteiger partial charge in [-0.25, -0.2) is 9.78 Å². The maximum absolute atomic E-state index is 11.7. The maximum Gasteiger partial charge on any atom is 0.341 e. The van der Waals surface area contributed by atoms with Gasteiger partial charge in [0, 0.05) is 24.4 Å². The van der Waals surface area contributed by atoms with E-state index in [-0.39, 0.29) is 5.97 Å². The van der Waals surface area contributed by atoms with Crippen LogP contribution in [0.25, 0.3) is 0 Å². The average molecular weight is 283 g/mol. The molecule has 0 unspecified atom stereocenters. The third kappa shape index (κ3) is 2.91. The predicted octanol–water partition coefficient (Wildman–Crippen LogP) is 2.35. The molecule has 2 aromatic rings. The first-order valence-electron chi connectivity index (χ1n) is 5.42. The SMILES string of the molecule is CCOC(=O)c1cnn(C)c1CSc1nccs1. The Labute approximate surface area is 113 Å². The lowest BCUT2D eigenvalue weighted by Gasteiger charge is -2.04. The third-order valence-electron chi connectivity index (χ3n) is 2.30. The number of aromatic nitrogens is 3. The fraction of sp³-hybridized carbons (Fsp3) is 0.364. The van der Waals surface area contributed by atoms with Crippen molar-refractivity contribution in [3.05, 3.63) is 29.0 Å². The van der Waals surface area contributed by atoms with E-state index in [4.69, 9.17) is 4.74 Å². The molecule has 0 radical (unpaired) electrons. The highest BCUT2D eigenvalue weighted by Gasteiger charge is 2.17. The van der Waals surface area contributed by atoms with Gasteiger partial charge in [0.1, 0.15) is 9.90 Å². The van der Waals surface area contributed by atoms with Crippen LogP contribution in [0.5, 0.6) is 0 Å². The fourth-order valence-corrected chi connectivity index (χ4v) is 3.14. The van der Waals surface area contributed by atoms with Gasteiger partial charge in [0.15, 0.2) is 0 Å². The average Bonchev–Trinajstić information content (AvgIpc) is 2.96. The highest BCUT2D eigenvalue weighted by atomic mass is 32.2. The number of carbonyl (C=O) groups is 1. The molecule has 0 aromatic carbocycles. The summed E-state index contributed by atoms with van der Waals surface area (Å²) in [5.41, 5.74) is 1.39. The molecule has 0 aliphatic rings. The van der Waals surface area contributed by atoms with Crippen molar-refractivity contribution < 1.29 is 9.53 Å². The Morgan fingerprint density at radius 3 is 3.11 bits per heavy atom. The maximum atomic E-state index is 11.7. The van der Waals surface area contributed by atoms with Crippen molar-refractivity contribution in [1.29, 1.82) is 0 Å². The number of aryl methyl sites for hydroxylation is 1. The van der Waals surface area contributed by atoms with Crippen LogP contribution in [0.3, 0.4) is 0 Å². The molecule has 0 aliphatic carbocycles. The Morgan fingerprint density at radius 2 is 2.44 bits per heavy atom. The monoisotopic (exact) mass is 283 g/mol. The Balaban J connectivity index is 2.11. The first-order chi connectivity index (χ1) is 8.72. The fourth-order valence-electron chi connectivity index (χ4n) is 1.43. The number of hydrogen-bond acceptors (Lipinski definition) is 6. The highest BCUT2D eigenvalue weighted by molar-refractivity contribution is 8.00. The number of rotatable bonds is 5. The Hall–Kier alpha value is -1.34. The molecule has 5 nitrogen and oxygen atoms in total. The first-order valence-corrected chi connectivity index (χ1v) is 7.29. The van der Waals surface area contributed by atoms with Crippen LogP contribution in [0.2, 0.25) is 0 Å². The quantitative estimate of drug-likeness (QED) is 0.622. The predicted molar refractivity (Wildman–Crippen MR) is 70.8 cm³/mol. The number of nitrogens with zero attached hydrogens (tertiary/aromatic N) is 3. The van der Waals surface area contributed by atoms with Crippen molar-refractivity contribution in [3.8, 4) is 0 Å². The number of hydrogen-bond donors (Lipinski definition) is 0. The van der Waals surface area contributed by atoms with E-state index in [1.165, 1.54) is 0 Å². The topological polar surface area (TPSA) is 57.0 Å². The van der Waals surface area contributed by atoms with Crippen LogP contribution in [0.1, 0.15) is 23.0 Å². The van der Waals surface area contributed by atoms with Crippen LogP contribution in [-0.4, -0.2) is 27.3 Å². The van der Waals surface area contributed by atoms with Crippen molar-refractivity contribution in [2.45, 2.75) is 17.0 Å². The number of carbonyl (C=O) groups excluding carboxylic acids is 1. The molecule has 2 rings (SSSR count). The van der Waals surface area contributed by atoms with Crippen molar-refractivity contribution in [2.24, 2.45) is 7.05 Å². The molecule has 7 heteroatoms. The van der Waals surface area contributed by atoms with Gasteiger partial charge >= 0.3 is 5.97 Å². The number of thioether (sulfide) groups is 1. The molecule has 96 valence electrons. The molecule has 0 N–H and O–H groups in total. The molecule has 0 spiro atoms. The summed E-state index contributed by atoms with van der Waals surface area (Å²) < 4.78 is 7.68. The number of thiazole rings is 1. The second-order valence-electron chi connectivity index (χ2n) is 3.44. The Kier molecular flexibility index (Phi) is 4.38. The minimum Gasteiger partial charge on any atom is -0.462 e. The van der Waals surface area contributed by atoms with Crippen molar-refractivity contribution in [1.82, 2.24) is 14.8 Å². The van der Waals surface area contributed by atoms with E-state index in [0.29, 0.717) is 17.9 Å². The van der Waals surface area contributed by atoms with Crippen LogP contribution < -0.4 is 0 Å². The van der Waals surface area contributed by atoms with E-state index in [1.807, 2.05) is 12.4 Å². The molecule has 0 atom stereocenters. The largest absolute Gasteiger partial charge is 0.462 e. The third-order valence-corrected chi connectivity index (χ3v) is 4.28. The summed E-state index contributed by atoms with van der Waals surface area (Å²) in [7, 11) is 1.82. The minimum atomic E-state index is -0.319. The zero-order valence-electron chi connectivity index (χ0n) is 10.1. The van der Waals surface area contributed by atoms with Gasteiger partial charge in [-0.3, -0.25) is 4.68 Å². The Morgan fingerprint density at radius 1 is 1.61 bits per heavy atom. The van der Waals surface area contributed by atoms with E-state index in [9.17, 15) is 4.79 Å². The molecule has 18 heavy (non-hydrogen) atoms. The van der Waals surface area contributed by atoms with E-state index in [1.54, 1.807) is 47.1 Å². The lowest BCUT2D eigenvalue weighted by molar-refractivity contribution is 0.0525. The van der Waals surface area contributed by atoms with Gasteiger partial charge < -0.3 is 4.74 Å². The van der Waals surface area contributed by atoms with E-state index >= 15 is 0 Å². The summed E-state index contributed by atoms with van der Waals surface area (Å²) >= 11 is 3.17. The molecule has 2 heterocycles.